The van der Waals surface area contributed by atoms with Crippen LogP contribution >= 0.6 is 0 Å². The summed E-state index contributed by atoms with van der Waals surface area (Å²) in [5.74, 6) is 0. The number of unbranched alkanes of at least 4 members (excludes halogenated alkanes) is 9. The van der Waals surface area contributed by atoms with E-state index in [1.54, 1.807) is 0 Å². The first-order valence-corrected chi connectivity index (χ1v) is 8.17. The van der Waals surface area contributed by atoms with Crippen molar-refractivity contribution in [3.05, 3.63) is 11.8 Å². The molecule has 0 saturated carbocycles. The van der Waals surface area contributed by atoms with Gasteiger partial charge in [-0.3, -0.25) is 0 Å². The van der Waals surface area contributed by atoms with Crippen molar-refractivity contribution in [3.63, 3.8) is 0 Å². The van der Waals surface area contributed by atoms with E-state index in [1.807, 2.05) is 0 Å². The van der Waals surface area contributed by atoms with Crippen molar-refractivity contribution in [2.75, 3.05) is 0 Å². The first-order valence-electron chi connectivity index (χ1n) is 8.17. The number of rotatable bonds is 13. The summed E-state index contributed by atoms with van der Waals surface area (Å²) in [6.07, 6.45) is 18.2. The highest BCUT2D eigenvalue weighted by Gasteiger charge is 1.99. The molecule has 0 saturated heterocycles. The molecule has 108 valence electrons. The molecule has 1 nitrogen and oxygen atoms in total. The van der Waals surface area contributed by atoms with E-state index < -0.39 is 0 Å². The summed E-state index contributed by atoms with van der Waals surface area (Å²) in [4.78, 5) is 0. The van der Waals surface area contributed by atoms with Crippen LogP contribution in [0.25, 0.3) is 0 Å². The van der Waals surface area contributed by atoms with Gasteiger partial charge in [-0.2, -0.15) is 0 Å². The predicted octanol–water partition coefficient (Wildman–Crippen LogP) is 6.54. The SMILES string of the molecule is CCCCCCCCC(=CO)CCCCCCC. The van der Waals surface area contributed by atoms with E-state index in [2.05, 4.69) is 13.8 Å². The summed E-state index contributed by atoms with van der Waals surface area (Å²) >= 11 is 0. The molecule has 0 spiro atoms. The van der Waals surface area contributed by atoms with Gasteiger partial charge in [0.25, 0.3) is 0 Å². The highest BCUT2D eigenvalue weighted by molar-refractivity contribution is 4.96. The number of aliphatic hydroxyl groups is 1. The molecule has 0 aromatic rings. The molecule has 0 heterocycles. The van der Waals surface area contributed by atoms with Gasteiger partial charge in [0.1, 0.15) is 0 Å². The van der Waals surface area contributed by atoms with Gasteiger partial charge in [0.15, 0.2) is 0 Å². The zero-order valence-corrected chi connectivity index (χ0v) is 12.7. The van der Waals surface area contributed by atoms with Gasteiger partial charge >= 0.3 is 0 Å². The highest BCUT2D eigenvalue weighted by atomic mass is 16.2. The molecule has 0 aliphatic rings. The molecule has 1 N–H and O–H groups in total. The van der Waals surface area contributed by atoms with Crippen LogP contribution in [0.4, 0.5) is 0 Å². The monoisotopic (exact) mass is 254 g/mol. The average molecular weight is 254 g/mol. The molecule has 0 amide bonds. The lowest BCUT2D eigenvalue weighted by Gasteiger charge is -2.06. The topological polar surface area (TPSA) is 20.2 Å². The second-order valence-corrected chi connectivity index (χ2v) is 5.47. The van der Waals surface area contributed by atoms with Crippen LogP contribution < -0.4 is 0 Å². The van der Waals surface area contributed by atoms with Crippen molar-refractivity contribution in [3.8, 4) is 0 Å². The lowest BCUT2D eigenvalue weighted by molar-refractivity contribution is 0.456. The summed E-state index contributed by atoms with van der Waals surface area (Å²) in [7, 11) is 0. The van der Waals surface area contributed by atoms with Crippen LogP contribution in [0.2, 0.25) is 0 Å². The Labute approximate surface area is 115 Å². The molecular weight excluding hydrogens is 220 g/mol. The van der Waals surface area contributed by atoms with Crippen LogP contribution in [0.3, 0.4) is 0 Å². The summed E-state index contributed by atoms with van der Waals surface area (Å²) in [6.45, 7) is 4.50. The molecule has 0 bridgehead atoms. The van der Waals surface area contributed by atoms with Crippen molar-refractivity contribution in [1.82, 2.24) is 0 Å². The first kappa shape index (κ1) is 17.5. The second-order valence-electron chi connectivity index (χ2n) is 5.47. The van der Waals surface area contributed by atoms with Gasteiger partial charge in [-0.05, 0) is 31.3 Å². The Kier molecular flexibility index (Phi) is 14.2. The fourth-order valence-electron chi connectivity index (χ4n) is 2.34. The van der Waals surface area contributed by atoms with Crippen LogP contribution in [0, 0.1) is 0 Å². The Morgan fingerprint density at radius 1 is 0.667 bits per heavy atom. The number of aliphatic hydroxyl groups excluding tert-OH is 1. The van der Waals surface area contributed by atoms with E-state index in [9.17, 15) is 5.11 Å². The molecule has 0 aromatic carbocycles. The molecule has 0 aliphatic heterocycles. The highest BCUT2D eigenvalue weighted by Crippen LogP contribution is 2.17. The minimum Gasteiger partial charge on any atom is -0.516 e. The Hall–Kier alpha value is -0.460. The quantitative estimate of drug-likeness (QED) is 0.292. The smallest absolute Gasteiger partial charge is 0.0783 e. The van der Waals surface area contributed by atoms with Gasteiger partial charge < -0.3 is 5.11 Å². The molecule has 0 unspecified atom stereocenters. The van der Waals surface area contributed by atoms with E-state index in [4.69, 9.17) is 0 Å². The summed E-state index contributed by atoms with van der Waals surface area (Å²) in [5.41, 5.74) is 1.27. The van der Waals surface area contributed by atoms with Crippen LogP contribution in [0.5, 0.6) is 0 Å². The molecule has 0 fully saturated rings. The first-order chi connectivity index (χ1) is 8.85. The zero-order valence-electron chi connectivity index (χ0n) is 12.7. The van der Waals surface area contributed by atoms with Crippen LogP contribution in [0.1, 0.15) is 97.3 Å². The number of hydrogen-bond acceptors (Lipinski definition) is 1. The van der Waals surface area contributed by atoms with Gasteiger partial charge in [-0.1, -0.05) is 71.6 Å². The zero-order chi connectivity index (χ0) is 13.5. The van der Waals surface area contributed by atoms with Crippen LogP contribution in [-0.2, 0) is 0 Å². The van der Waals surface area contributed by atoms with E-state index in [0.29, 0.717) is 0 Å². The van der Waals surface area contributed by atoms with Gasteiger partial charge in [-0.15, -0.1) is 0 Å². The summed E-state index contributed by atoms with van der Waals surface area (Å²) < 4.78 is 0. The second kappa shape index (κ2) is 14.6. The third-order valence-corrected chi connectivity index (χ3v) is 3.64. The van der Waals surface area contributed by atoms with E-state index in [0.717, 1.165) is 12.8 Å². The van der Waals surface area contributed by atoms with Gasteiger partial charge in [-0.25, -0.2) is 0 Å². The molecule has 0 aromatic heterocycles. The Morgan fingerprint density at radius 3 is 1.44 bits per heavy atom. The molecular formula is C17H34O. The summed E-state index contributed by atoms with van der Waals surface area (Å²) in [6, 6.07) is 0. The molecule has 0 aliphatic carbocycles. The van der Waals surface area contributed by atoms with Crippen molar-refractivity contribution in [2.45, 2.75) is 97.3 Å². The van der Waals surface area contributed by atoms with Gasteiger partial charge in [0, 0.05) is 0 Å². The summed E-state index contributed by atoms with van der Waals surface area (Å²) in [5, 5.41) is 9.21. The third kappa shape index (κ3) is 12.0. The van der Waals surface area contributed by atoms with E-state index >= 15 is 0 Å². The maximum atomic E-state index is 9.21. The Bertz CT molecular complexity index is 184. The third-order valence-electron chi connectivity index (χ3n) is 3.64. The normalized spacial score (nSPS) is 12.0. The minimum absolute atomic E-state index is 1.11. The largest absolute Gasteiger partial charge is 0.516 e. The molecule has 1 heteroatoms. The molecule has 18 heavy (non-hydrogen) atoms. The van der Waals surface area contributed by atoms with Crippen molar-refractivity contribution in [1.29, 1.82) is 0 Å². The standard InChI is InChI=1S/C17H34O/c1-3-5-7-9-11-13-15-17(16-18)14-12-10-8-6-4-2/h16,18H,3-15H2,1-2H3. The molecule has 0 atom stereocenters. The fourth-order valence-corrected chi connectivity index (χ4v) is 2.34. The lowest BCUT2D eigenvalue weighted by atomic mass is 10.0. The lowest BCUT2D eigenvalue weighted by Crippen LogP contribution is -1.88. The van der Waals surface area contributed by atoms with Crippen molar-refractivity contribution in [2.24, 2.45) is 0 Å². The van der Waals surface area contributed by atoms with Crippen LogP contribution in [-0.4, -0.2) is 5.11 Å². The van der Waals surface area contributed by atoms with E-state index in [-0.39, 0.29) is 0 Å². The number of allylic oxidation sites excluding steroid dienone is 1. The van der Waals surface area contributed by atoms with Crippen LogP contribution in [0.15, 0.2) is 11.8 Å². The predicted molar refractivity (Wildman–Crippen MR) is 82.1 cm³/mol. The average Bonchev–Trinajstić information content (AvgIpc) is 2.40. The molecule has 0 rings (SSSR count). The van der Waals surface area contributed by atoms with Crippen molar-refractivity contribution < 1.29 is 5.11 Å². The molecule has 0 radical (unpaired) electrons. The fraction of sp³-hybridized carbons (Fsp3) is 0.882. The minimum atomic E-state index is 1.11. The maximum absolute atomic E-state index is 9.21. The number of hydrogen-bond donors (Lipinski definition) is 1. The van der Waals surface area contributed by atoms with E-state index in [1.165, 1.54) is 82.5 Å². The van der Waals surface area contributed by atoms with Gasteiger partial charge in [0.2, 0.25) is 0 Å². The Balaban J connectivity index is 3.36. The maximum Gasteiger partial charge on any atom is 0.0783 e. The Morgan fingerprint density at radius 2 is 1.06 bits per heavy atom. The van der Waals surface area contributed by atoms with Crippen molar-refractivity contribution >= 4 is 0 Å². The van der Waals surface area contributed by atoms with Gasteiger partial charge in [0.05, 0.1) is 6.26 Å².